The van der Waals surface area contributed by atoms with Crippen molar-refractivity contribution in [3.8, 4) is 5.69 Å². The molecule has 0 fully saturated rings. The Labute approximate surface area is 120 Å². The Morgan fingerprint density at radius 1 is 1.55 bits per heavy atom. The molecule has 0 aliphatic carbocycles. The number of aromatic nitrogens is 2. The van der Waals surface area contributed by atoms with E-state index in [0.717, 1.165) is 0 Å². The summed E-state index contributed by atoms with van der Waals surface area (Å²) in [7, 11) is 0. The molecule has 106 valence electrons. The summed E-state index contributed by atoms with van der Waals surface area (Å²) in [4.78, 5) is 15.8. The van der Waals surface area contributed by atoms with Crippen LogP contribution in [-0.2, 0) is 4.74 Å². The first kappa shape index (κ1) is 14.3. The number of imidazole rings is 1. The predicted molar refractivity (Wildman–Crippen MR) is 73.6 cm³/mol. The van der Waals surface area contributed by atoms with E-state index in [9.17, 15) is 9.18 Å². The SMILES string of the molecule is CCOC(=O)c1nc(C)n(-c2ccc(Cl)c(F)c2)c1N. The highest BCUT2D eigenvalue weighted by molar-refractivity contribution is 6.30. The molecule has 0 amide bonds. The van der Waals surface area contributed by atoms with Crippen LogP contribution in [0.1, 0.15) is 23.2 Å². The van der Waals surface area contributed by atoms with Crippen molar-refractivity contribution in [2.45, 2.75) is 13.8 Å². The van der Waals surface area contributed by atoms with Gasteiger partial charge in [-0.25, -0.2) is 14.2 Å². The van der Waals surface area contributed by atoms with Crippen LogP contribution in [0.4, 0.5) is 10.2 Å². The second-order valence-electron chi connectivity index (χ2n) is 4.05. The van der Waals surface area contributed by atoms with Crippen LogP contribution in [-0.4, -0.2) is 22.1 Å². The Morgan fingerprint density at radius 3 is 2.85 bits per heavy atom. The molecule has 2 N–H and O–H groups in total. The molecule has 2 aromatic rings. The van der Waals surface area contributed by atoms with Crippen molar-refractivity contribution in [1.29, 1.82) is 0 Å². The van der Waals surface area contributed by atoms with Crippen LogP contribution in [0.2, 0.25) is 5.02 Å². The van der Waals surface area contributed by atoms with Crippen LogP contribution >= 0.6 is 11.6 Å². The molecular formula is C13H13ClFN3O2. The number of benzene rings is 1. The molecule has 0 bridgehead atoms. The number of nitrogens with zero attached hydrogens (tertiary/aromatic N) is 2. The first-order chi connectivity index (χ1) is 9.45. The number of rotatable bonds is 3. The standard InChI is InChI=1S/C13H13ClFN3O2/c1-3-20-13(19)11-12(16)18(7(2)17-11)8-4-5-9(14)10(15)6-8/h4-6H,3,16H2,1-2H3. The van der Waals surface area contributed by atoms with Crippen LogP contribution in [0.5, 0.6) is 0 Å². The van der Waals surface area contributed by atoms with Crippen molar-refractivity contribution >= 4 is 23.4 Å². The van der Waals surface area contributed by atoms with Crippen LogP contribution in [0.25, 0.3) is 5.69 Å². The van der Waals surface area contributed by atoms with Crippen LogP contribution in [0.15, 0.2) is 18.2 Å². The van der Waals surface area contributed by atoms with Crippen molar-refractivity contribution in [3.63, 3.8) is 0 Å². The number of halogens is 2. The molecule has 20 heavy (non-hydrogen) atoms. The van der Waals surface area contributed by atoms with Crippen molar-refractivity contribution in [1.82, 2.24) is 9.55 Å². The zero-order chi connectivity index (χ0) is 14.9. The second-order valence-corrected chi connectivity index (χ2v) is 4.45. The zero-order valence-corrected chi connectivity index (χ0v) is 11.7. The molecule has 0 saturated carbocycles. The van der Waals surface area contributed by atoms with Crippen LogP contribution in [0, 0.1) is 12.7 Å². The van der Waals surface area contributed by atoms with Gasteiger partial charge in [0.05, 0.1) is 17.3 Å². The summed E-state index contributed by atoms with van der Waals surface area (Å²) in [6.45, 7) is 3.57. The number of aryl methyl sites for hydroxylation is 1. The van der Waals surface area contributed by atoms with E-state index < -0.39 is 11.8 Å². The number of hydrogen-bond acceptors (Lipinski definition) is 4. The summed E-state index contributed by atoms with van der Waals surface area (Å²) in [5, 5.41) is 0.00991. The number of nitrogen functional groups attached to an aromatic ring is 1. The number of carbonyl (C=O) groups is 1. The monoisotopic (exact) mass is 297 g/mol. The summed E-state index contributed by atoms with van der Waals surface area (Å²) in [5.41, 5.74) is 6.35. The average Bonchev–Trinajstić information content (AvgIpc) is 2.69. The molecule has 2 rings (SSSR count). The molecule has 0 aliphatic rings. The molecule has 0 spiro atoms. The Bertz CT molecular complexity index is 670. The predicted octanol–water partition coefficient (Wildman–Crippen LogP) is 2.73. The number of carbonyl (C=O) groups excluding carboxylic acids is 1. The third-order valence-corrected chi connectivity index (χ3v) is 3.02. The smallest absolute Gasteiger partial charge is 0.360 e. The Morgan fingerprint density at radius 2 is 2.25 bits per heavy atom. The number of nitrogens with two attached hydrogens (primary N) is 1. The van der Waals surface area contributed by atoms with Gasteiger partial charge in [0.1, 0.15) is 17.5 Å². The summed E-state index contributed by atoms with van der Waals surface area (Å²) in [6, 6.07) is 4.23. The average molecular weight is 298 g/mol. The molecule has 0 atom stereocenters. The summed E-state index contributed by atoms with van der Waals surface area (Å²) >= 11 is 5.64. The fourth-order valence-electron chi connectivity index (χ4n) is 1.85. The molecule has 7 heteroatoms. The topological polar surface area (TPSA) is 70.1 Å². The van der Waals surface area contributed by atoms with E-state index in [2.05, 4.69) is 4.98 Å². The van der Waals surface area contributed by atoms with Gasteiger partial charge < -0.3 is 10.5 Å². The van der Waals surface area contributed by atoms with E-state index >= 15 is 0 Å². The van der Waals surface area contributed by atoms with Gasteiger partial charge in [0.2, 0.25) is 0 Å². The van der Waals surface area contributed by atoms with E-state index in [4.69, 9.17) is 22.1 Å². The van der Waals surface area contributed by atoms with Crippen molar-refractivity contribution in [3.05, 3.63) is 40.6 Å². The molecule has 0 unspecified atom stereocenters. The van der Waals surface area contributed by atoms with Crippen molar-refractivity contribution < 1.29 is 13.9 Å². The van der Waals surface area contributed by atoms with Gasteiger partial charge in [-0.2, -0.15) is 0 Å². The minimum Gasteiger partial charge on any atom is -0.461 e. The quantitative estimate of drug-likeness (QED) is 0.884. The summed E-state index contributed by atoms with van der Waals surface area (Å²) in [5.74, 6) is -0.634. The van der Waals surface area contributed by atoms with E-state index in [-0.39, 0.29) is 23.1 Å². The molecule has 5 nitrogen and oxygen atoms in total. The lowest BCUT2D eigenvalue weighted by atomic mass is 10.3. The first-order valence-electron chi connectivity index (χ1n) is 5.93. The fraction of sp³-hybridized carbons (Fsp3) is 0.231. The van der Waals surface area contributed by atoms with Gasteiger partial charge in [0.25, 0.3) is 0 Å². The first-order valence-corrected chi connectivity index (χ1v) is 6.30. The van der Waals surface area contributed by atoms with Crippen LogP contribution < -0.4 is 5.73 Å². The minimum atomic E-state index is -0.610. The summed E-state index contributed by atoms with van der Waals surface area (Å²) in [6.07, 6.45) is 0. The Balaban J connectivity index is 2.52. The normalized spacial score (nSPS) is 10.6. The second kappa shape index (κ2) is 5.50. The summed E-state index contributed by atoms with van der Waals surface area (Å²) < 4.78 is 19.8. The van der Waals surface area contributed by atoms with Crippen molar-refractivity contribution in [2.75, 3.05) is 12.3 Å². The maximum absolute atomic E-state index is 13.5. The third kappa shape index (κ3) is 2.46. The number of hydrogen-bond donors (Lipinski definition) is 1. The van der Waals surface area contributed by atoms with Gasteiger partial charge in [-0.3, -0.25) is 4.57 Å². The molecule has 1 aromatic carbocycles. The van der Waals surface area contributed by atoms with Gasteiger partial charge in [-0.15, -0.1) is 0 Å². The highest BCUT2D eigenvalue weighted by atomic mass is 35.5. The number of anilines is 1. The van der Waals surface area contributed by atoms with E-state index in [1.165, 1.54) is 16.7 Å². The highest BCUT2D eigenvalue weighted by Gasteiger charge is 2.20. The van der Waals surface area contributed by atoms with Gasteiger partial charge in [0, 0.05) is 0 Å². The lowest BCUT2D eigenvalue weighted by Crippen LogP contribution is -2.09. The molecule has 0 saturated heterocycles. The van der Waals surface area contributed by atoms with Gasteiger partial charge in [0.15, 0.2) is 5.69 Å². The zero-order valence-electron chi connectivity index (χ0n) is 11.0. The Hall–Kier alpha value is -2.08. The largest absolute Gasteiger partial charge is 0.461 e. The van der Waals surface area contributed by atoms with Gasteiger partial charge in [-0.1, -0.05) is 11.6 Å². The molecule has 1 heterocycles. The van der Waals surface area contributed by atoms with Gasteiger partial charge >= 0.3 is 5.97 Å². The number of esters is 1. The molecule has 1 aromatic heterocycles. The maximum Gasteiger partial charge on any atom is 0.360 e. The van der Waals surface area contributed by atoms with E-state index in [0.29, 0.717) is 11.5 Å². The lowest BCUT2D eigenvalue weighted by molar-refractivity contribution is 0.0521. The van der Waals surface area contributed by atoms with E-state index in [1.807, 2.05) is 0 Å². The van der Waals surface area contributed by atoms with Crippen LogP contribution in [0.3, 0.4) is 0 Å². The van der Waals surface area contributed by atoms with Crippen molar-refractivity contribution in [2.24, 2.45) is 0 Å². The Kier molecular flexibility index (Phi) is 3.94. The molecule has 0 radical (unpaired) electrons. The highest BCUT2D eigenvalue weighted by Crippen LogP contribution is 2.24. The maximum atomic E-state index is 13.5. The molecular weight excluding hydrogens is 285 g/mol. The number of ether oxygens (including phenoxy) is 1. The third-order valence-electron chi connectivity index (χ3n) is 2.71. The molecule has 0 aliphatic heterocycles. The fourth-order valence-corrected chi connectivity index (χ4v) is 1.97. The minimum absolute atomic E-state index is 0.00991. The van der Waals surface area contributed by atoms with E-state index in [1.54, 1.807) is 19.9 Å². The van der Waals surface area contributed by atoms with Gasteiger partial charge in [-0.05, 0) is 32.0 Å². The lowest BCUT2D eigenvalue weighted by Gasteiger charge is -2.08.